The predicted octanol–water partition coefficient (Wildman–Crippen LogP) is -0.0502. The van der Waals surface area contributed by atoms with Crippen LogP contribution in [0.3, 0.4) is 0 Å². The number of rotatable bonds is 3. The summed E-state index contributed by atoms with van der Waals surface area (Å²) in [5, 5.41) is 0. The average molecular weight is 299 g/mol. The Morgan fingerprint density at radius 3 is 2.45 bits per heavy atom. The SMILES string of the molecule is COC(=O)c1cccc(N2CCN(S(C)(=O)=O)CC2)n1. The van der Waals surface area contributed by atoms with Gasteiger partial charge in [0.15, 0.2) is 5.69 Å². The molecule has 0 N–H and O–H groups in total. The Balaban J connectivity index is 2.09. The third-order valence-electron chi connectivity index (χ3n) is 3.16. The third-order valence-corrected chi connectivity index (χ3v) is 4.46. The molecule has 8 heteroatoms. The summed E-state index contributed by atoms with van der Waals surface area (Å²) in [6, 6.07) is 5.11. The Labute approximate surface area is 118 Å². The molecule has 1 saturated heterocycles. The van der Waals surface area contributed by atoms with Crippen LogP contribution < -0.4 is 4.90 Å². The summed E-state index contributed by atoms with van der Waals surface area (Å²) >= 11 is 0. The first kappa shape index (κ1) is 14.7. The molecule has 0 unspecified atom stereocenters. The molecule has 0 atom stereocenters. The molecule has 1 fully saturated rings. The van der Waals surface area contributed by atoms with Gasteiger partial charge in [0.1, 0.15) is 5.82 Å². The van der Waals surface area contributed by atoms with Crippen molar-refractivity contribution in [1.29, 1.82) is 0 Å². The molecule has 0 saturated carbocycles. The molecule has 2 rings (SSSR count). The second-order valence-corrected chi connectivity index (χ2v) is 6.50. The Morgan fingerprint density at radius 1 is 1.25 bits per heavy atom. The van der Waals surface area contributed by atoms with Gasteiger partial charge in [-0.05, 0) is 12.1 Å². The van der Waals surface area contributed by atoms with Gasteiger partial charge in [-0.2, -0.15) is 4.31 Å². The number of sulfonamides is 1. The maximum absolute atomic E-state index is 11.4. The largest absolute Gasteiger partial charge is 0.464 e. The van der Waals surface area contributed by atoms with Crippen molar-refractivity contribution in [2.24, 2.45) is 0 Å². The van der Waals surface area contributed by atoms with Crippen LogP contribution in [0.5, 0.6) is 0 Å². The van der Waals surface area contributed by atoms with E-state index in [1.807, 2.05) is 4.90 Å². The van der Waals surface area contributed by atoms with E-state index in [0.717, 1.165) is 0 Å². The lowest BCUT2D eigenvalue weighted by molar-refractivity contribution is 0.0594. The van der Waals surface area contributed by atoms with Crippen molar-refractivity contribution in [1.82, 2.24) is 9.29 Å². The minimum Gasteiger partial charge on any atom is -0.464 e. The first-order valence-electron chi connectivity index (χ1n) is 6.17. The van der Waals surface area contributed by atoms with Gasteiger partial charge in [-0.1, -0.05) is 6.07 Å². The highest BCUT2D eigenvalue weighted by molar-refractivity contribution is 7.88. The van der Waals surface area contributed by atoms with Crippen molar-refractivity contribution >= 4 is 21.8 Å². The number of carbonyl (C=O) groups is 1. The van der Waals surface area contributed by atoms with Crippen LogP contribution in [-0.4, -0.2) is 63.2 Å². The molecule has 1 aliphatic rings. The van der Waals surface area contributed by atoms with Gasteiger partial charge in [0.25, 0.3) is 0 Å². The molecule has 1 aliphatic heterocycles. The van der Waals surface area contributed by atoms with Gasteiger partial charge in [-0.15, -0.1) is 0 Å². The van der Waals surface area contributed by atoms with Crippen LogP contribution in [-0.2, 0) is 14.8 Å². The summed E-state index contributed by atoms with van der Waals surface area (Å²) in [7, 11) is -1.84. The highest BCUT2D eigenvalue weighted by atomic mass is 32.2. The van der Waals surface area contributed by atoms with Crippen LogP contribution in [0, 0.1) is 0 Å². The van der Waals surface area contributed by atoms with E-state index in [2.05, 4.69) is 9.72 Å². The first-order valence-corrected chi connectivity index (χ1v) is 8.02. The number of piperazine rings is 1. The fourth-order valence-corrected chi connectivity index (χ4v) is 2.89. The van der Waals surface area contributed by atoms with Crippen LogP contribution in [0.2, 0.25) is 0 Å². The van der Waals surface area contributed by atoms with Crippen molar-refractivity contribution in [3.05, 3.63) is 23.9 Å². The molecule has 0 aliphatic carbocycles. The first-order chi connectivity index (χ1) is 9.41. The highest BCUT2D eigenvalue weighted by Crippen LogP contribution is 2.15. The maximum atomic E-state index is 11.4. The number of esters is 1. The number of methoxy groups -OCH3 is 1. The summed E-state index contributed by atoms with van der Waals surface area (Å²) in [6.07, 6.45) is 1.21. The quantitative estimate of drug-likeness (QED) is 0.728. The van der Waals surface area contributed by atoms with Crippen molar-refractivity contribution in [2.45, 2.75) is 0 Å². The second kappa shape index (κ2) is 5.76. The lowest BCUT2D eigenvalue weighted by atomic mass is 10.3. The summed E-state index contributed by atoms with van der Waals surface area (Å²) in [5.74, 6) is 0.169. The van der Waals surface area contributed by atoms with E-state index in [-0.39, 0.29) is 5.69 Å². The van der Waals surface area contributed by atoms with Crippen molar-refractivity contribution < 1.29 is 17.9 Å². The van der Waals surface area contributed by atoms with Gasteiger partial charge in [0.2, 0.25) is 10.0 Å². The van der Waals surface area contributed by atoms with Crippen molar-refractivity contribution in [3.8, 4) is 0 Å². The van der Waals surface area contributed by atoms with E-state index in [1.165, 1.54) is 17.7 Å². The minimum atomic E-state index is -3.14. The molecule has 1 aromatic heterocycles. The van der Waals surface area contributed by atoms with Crippen LogP contribution in [0.15, 0.2) is 18.2 Å². The predicted molar refractivity (Wildman–Crippen MR) is 74.2 cm³/mol. The van der Waals surface area contributed by atoms with E-state index >= 15 is 0 Å². The molecule has 0 bridgehead atoms. The standard InChI is InChI=1S/C12H17N3O4S/c1-19-12(16)10-4-3-5-11(13-10)14-6-8-15(9-7-14)20(2,17)18/h3-5H,6-9H2,1-2H3. The number of ether oxygens (including phenoxy) is 1. The van der Waals surface area contributed by atoms with Crippen LogP contribution >= 0.6 is 0 Å². The molecule has 1 aromatic rings. The summed E-state index contributed by atoms with van der Waals surface area (Å²) < 4.78 is 29.0. The summed E-state index contributed by atoms with van der Waals surface area (Å²) in [5.41, 5.74) is 0.246. The zero-order chi connectivity index (χ0) is 14.8. The van der Waals surface area contributed by atoms with Gasteiger partial charge in [-0.25, -0.2) is 18.2 Å². The van der Waals surface area contributed by atoms with Crippen LogP contribution in [0.4, 0.5) is 5.82 Å². The molecule has 20 heavy (non-hydrogen) atoms. The number of nitrogens with zero attached hydrogens (tertiary/aromatic N) is 3. The Hall–Kier alpha value is -1.67. The lowest BCUT2D eigenvalue weighted by Crippen LogP contribution is -2.48. The molecule has 0 aromatic carbocycles. The Kier molecular flexibility index (Phi) is 4.24. The zero-order valence-corrected chi connectivity index (χ0v) is 12.3. The molecule has 0 spiro atoms. The molecular formula is C12H17N3O4S. The van der Waals surface area contributed by atoms with Gasteiger partial charge in [0, 0.05) is 26.2 Å². The Bertz CT molecular complexity index is 594. The number of carbonyl (C=O) groups excluding carboxylic acids is 1. The number of aromatic nitrogens is 1. The lowest BCUT2D eigenvalue weighted by Gasteiger charge is -2.34. The van der Waals surface area contributed by atoms with E-state index in [4.69, 9.17) is 0 Å². The smallest absolute Gasteiger partial charge is 0.356 e. The van der Waals surface area contributed by atoms with E-state index in [0.29, 0.717) is 32.0 Å². The zero-order valence-electron chi connectivity index (χ0n) is 11.4. The van der Waals surface area contributed by atoms with Gasteiger partial charge in [0.05, 0.1) is 13.4 Å². The second-order valence-electron chi connectivity index (χ2n) is 4.52. The molecule has 2 heterocycles. The van der Waals surface area contributed by atoms with Crippen molar-refractivity contribution in [2.75, 3.05) is 44.4 Å². The number of hydrogen-bond acceptors (Lipinski definition) is 6. The molecular weight excluding hydrogens is 282 g/mol. The number of anilines is 1. The minimum absolute atomic E-state index is 0.246. The van der Waals surface area contributed by atoms with Crippen molar-refractivity contribution in [3.63, 3.8) is 0 Å². The molecule has 110 valence electrons. The van der Waals surface area contributed by atoms with E-state index in [9.17, 15) is 13.2 Å². The van der Waals surface area contributed by atoms with Gasteiger partial charge >= 0.3 is 5.97 Å². The summed E-state index contributed by atoms with van der Waals surface area (Å²) in [4.78, 5) is 17.6. The molecule has 7 nitrogen and oxygen atoms in total. The topological polar surface area (TPSA) is 79.8 Å². The van der Waals surface area contributed by atoms with E-state index < -0.39 is 16.0 Å². The van der Waals surface area contributed by atoms with E-state index in [1.54, 1.807) is 18.2 Å². The maximum Gasteiger partial charge on any atom is 0.356 e. The number of pyridine rings is 1. The van der Waals surface area contributed by atoms with Crippen LogP contribution in [0.1, 0.15) is 10.5 Å². The fraction of sp³-hybridized carbons (Fsp3) is 0.500. The fourth-order valence-electron chi connectivity index (χ4n) is 2.07. The third kappa shape index (κ3) is 3.26. The molecule has 0 amide bonds. The highest BCUT2D eigenvalue weighted by Gasteiger charge is 2.24. The Morgan fingerprint density at radius 2 is 1.90 bits per heavy atom. The summed E-state index contributed by atoms with van der Waals surface area (Å²) in [6.45, 7) is 1.93. The van der Waals surface area contributed by atoms with Gasteiger partial charge in [-0.3, -0.25) is 0 Å². The van der Waals surface area contributed by atoms with Gasteiger partial charge < -0.3 is 9.64 Å². The monoisotopic (exact) mass is 299 g/mol. The number of hydrogen-bond donors (Lipinski definition) is 0. The average Bonchev–Trinajstić information content (AvgIpc) is 2.46. The normalized spacial score (nSPS) is 17.0. The molecule has 0 radical (unpaired) electrons. The van der Waals surface area contributed by atoms with Crippen LogP contribution in [0.25, 0.3) is 0 Å².